The molecular weight excluding hydrogens is 329 g/mol. The number of imide groups is 1. The highest BCUT2D eigenvalue weighted by molar-refractivity contribution is 6.37. The third-order valence-corrected chi connectivity index (χ3v) is 5.11. The molecule has 2 fully saturated rings. The number of aliphatic hydroxyl groups is 1. The van der Waals surface area contributed by atoms with Crippen LogP contribution in [0.4, 0.5) is 5.69 Å². The number of aliphatic hydroxyl groups excluding tert-OH is 1. The number of fused-ring (bicyclic) bond motifs is 5. The molecule has 114 valence electrons. The highest BCUT2D eigenvalue weighted by Crippen LogP contribution is 2.52. The van der Waals surface area contributed by atoms with E-state index in [9.17, 15) is 14.7 Å². The van der Waals surface area contributed by atoms with Crippen molar-refractivity contribution >= 4 is 40.7 Å². The van der Waals surface area contributed by atoms with Crippen LogP contribution in [0.5, 0.6) is 0 Å². The summed E-state index contributed by atoms with van der Waals surface area (Å²) in [4.78, 5) is 26.6. The number of carbonyl (C=O) groups excluding carboxylic acids is 2. The average Bonchev–Trinajstić information content (AvgIpc) is 3.14. The number of benzene rings is 1. The van der Waals surface area contributed by atoms with Gasteiger partial charge in [0, 0.05) is 5.02 Å². The van der Waals surface area contributed by atoms with Crippen LogP contribution in [0.15, 0.2) is 30.4 Å². The predicted molar refractivity (Wildman–Crippen MR) is 79.8 cm³/mol. The van der Waals surface area contributed by atoms with Crippen LogP contribution in [-0.2, 0) is 14.3 Å². The van der Waals surface area contributed by atoms with Crippen LogP contribution in [0.3, 0.4) is 0 Å². The van der Waals surface area contributed by atoms with Crippen molar-refractivity contribution in [3.63, 3.8) is 0 Å². The van der Waals surface area contributed by atoms with E-state index < -0.39 is 29.4 Å². The molecular formula is C15H11Cl2NO4. The van der Waals surface area contributed by atoms with Crippen molar-refractivity contribution in [3.05, 3.63) is 40.4 Å². The Kier molecular flexibility index (Phi) is 2.94. The van der Waals surface area contributed by atoms with E-state index in [0.29, 0.717) is 5.02 Å². The van der Waals surface area contributed by atoms with Gasteiger partial charge in [-0.2, -0.15) is 0 Å². The first kappa shape index (κ1) is 14.2. The molecule has 0 aromatic heterocycles. The number of amides is 2. The van der Waals surface area contributed by atoms with Gasteiger partial charge in [-0.25, -0.2) is 4.90 Å². The second-order valence-electron chi connectivity index (χ2n) is 5.67. The van der Waals surface area contributed by atoms with Gasteiger partial charge in [-0.15, -0.1) is 0 Å². The SMILES string of the molecule is O=C1[C@H]2[C@H]3C=C[C@@](CO)(O3)[C@H]2C(=O)N1c1cc(Cl)ccc1Cl. The summed E-state index contributed by atoms with van der Waals surface area (Å²) in [6.07, 6.45) is 2.91. The maximum atomic E-state index is 12.8. The standard InChI is InChI=1S/C15H11Cl2NO4/c16-7-1-2-8(17)9(5-7)18-13(20)11-10-3-4-15(6-19,22-10)12(11)14(18)21/h1-5,10-12,19H,6H2/t10-,11+,12-,15+/m1/s1. The summed E-state index contributed by atoms with van der Waals surface area (Å²) >= 11 is 12.1. The normalized spacial score (nSPS) is 35.6. The number of hydrogen-bond donors (Lipinski definition) is 1. The molecule has 4 rings (SSSR count). The first-order chi connectivity index (χ1) is 10.5. The summed E-state index contributed by atoms with van der Waals surface area (Å²) in [6.45, 7) is -0.350. The number of ether oxygens (including phenoxy) is 1. The second-order valence-corrected chi connectivity index (χ2v) is 6.51. The van der Waals surface area contributed by atoms with Crippen molar-refractivity contribution in [2.75, 3.05) is 11.5 Å². The lowest BCUT2D eigenvalue weighted by molar-refractivity contribution is -0.128. The molecule has 1 aromatic carbocycles. The topological polar surface area (TPSA) is 66.8 Å². The van der Waals surface area contributed by atoms with E-state index in [4.69, 9.17) is 27.9 Å². The van der Waals surface area contributed by atoms with Gasteiger partial charge < -0.3 is 9.84 Å². The summed E-state index contributed by atoms with van der Waals surface area (Å²) in [7, 11) is 0. The molecule has 3 aliphatic heterocycles. The van der Waals surface area contributed by atoms with Crippen molar-refractivity contribution in [1.29, 1.82) is 0 Å². The molecule has 4 atom stereocenters. The molecule has 5 nitrogen and oxygen atoms in total. The van der Waals surface area contributed by atoms with Gasteiger partial charge in [0.2, 0.25) is 11.8 Å². The van der Waals surface area contributed by atoms with E-state index >= 15 is 0 Å². The maximum Gasteiger partial charge on any atom is 0.241 e. The zero-order chi connectivity index (χ0) is 15.6. The average molecular weight is 340 g/mol. The molecule has 1 N–H and O–H groups in total. The molecule has 22 heavy (non-hydrogen) atoms. The Bertz CT molecular complexity index is 734. The van der Waals surface area contributed by atoms with Crippen LogP contribution in [-0.4, -0.2) is 35.2 Å². The summed E-state index contributed by atoms with van der Waals surface area (Å²) in [6, 6.07) is 4.62. The summed E-state index contributed by atoms with van der Waals surface area (Å²) in [5, 5.41) is 10.3. The molecule has 2 saturated heterocycles. The Labute approximate surface area is 136 Å². The molecule has 7 heteroatoms. The number of anilines is 1. The Hall–Kier alpha value is -1.40. The molecule has 2 amide bonds. The van der Waals surface area contributed by atoms with E-state index in [-0.39, 0.29) is 23.2 Å². The predicted octanol–water partition coefficient (Wildman–Crippen LogP) is 1.80. The van der Waals surface area contributed by atoms with Gasteiger partial charge >= 0.3 is 0 Å². The fourth-order valence-electron chi connectivity index (χ4n) is 3.58. The minimum atomic E-state index is -1.11. The van der Waals surface area contributed by atoms with E-state index in [2.05, 4.69) is 0 Å². The van der Waals surface area contributed by atoms with E-state index in [1.165, 1.54) is 6.07 Å². The number of halogens is 2. The molecule has 3 aliphatic rings. The van der Waals surface area contributed by atoms with E-state index in [1.807, 2.05) is 0 Å². The number of hydrogen-bond acceptors (Lipinski definition) is 4. The minimum Gasteiger partial charge on any atom is -0.393 e. The molecule has 0 spiro atoms. The molecule has 3 heterocycles. The Morgan fingerprint density at radius 2 is 2.05 bits per heavy atom. The fourth-order valence-corrected chi connectivity index (χ4v) is 3.95. The van der Waals surface area contributed by atoms with Gasteiger partial charge in [-0.1, -0.05) is 35.4 Å². The monoisotopic (exact) mass is 339 g/mol. The van der Waals surface area contributed by atoms with Crippen LogP contribution in [0.2, 0.25) is 10.0 Å². The van der Waals surface area contributed by atoms with Gasteiger partial charge in [-0.3, -0.25) is 9.59 Å². The largest absolute Gasteiger partial charge is 0.393 e. The lowest BCUT2D eigenvalue weighted by Gasteiger charge is -2.26. The number of nitrogens with zero attached hydrogens (tertiary/aromatic N) is 1. The first-order valence-electron chi connectivity index (χ1n) is 6.79. The summed E-state index contributed by atoms with van der Waals surface area (Å²) < 4.78 is 5.67. The lowest BCUT2D eigenvalue weighted by Crippen LogP contribution is -2.43. The zero-order valence-corrected chi connectivity index (χ0v) is 12.7. The highest BCUT2D eigenvalue weighted by Gasteiger charge is 2.67. The Morgan fingerprint density at radius 1 is 1.27 bits per heavy atom. The van der Waals surface area contributed by atoms with Gasteiger partial charge in [0.05, 0.1) is 35.3 Å². The van der Waals surface area contributed by atoms with Crippen LogP contribution in [0, 0.1) is 11.8 Å². The maximum absolute atomic E-state index is 12.8. The summed E-state index contributed by atoms with van der Waals surface area (Å²) in [5.41, 5.74) is -0.840. The van der Waals surface area contributed by atoms with Crippen molar-refractivity contribution < 1.29 is 19.4 Å². The number of carbonyl (C=O) groups is 2. The third kappa shape index (κ3) is 1.62. The van der Waals surface area contributed by atoms with Gasteiger partial charge in [-0.05, 0) is 18.2 Å². The Balaban J connectivity index is 1.81. The van der Waals surface area contributed by atoms with Gasteiger partial charge in [0.15, 0.2) is 0 Å². The quantitative estimate of drug-likeness (QED) is 0.659. The third-order valence-electron chi connectivity index (χ3n) is 4.55. The van der Waals surface area contributed by atoms with Crippen LogP contribution in [0.1, 0.15) is 0 Å². The van der Waals surface area contributed by atoms with Crippen LogP contribution < -0.4 is 4.90 Å². The molecule has 0 aliphatic carbocycles. The first-order valence-corrected chi connectivity index (χ1v) is 7.55. The minimum absolute atomic E-state index is 0.269. The van der Waals surface area contributed by atoms with Crippen molar-refractivity contribution in [1.82, 2.24) is 0 Å². The lowest BCUT2D eigenvalue weighted by atomic mass is 9.77. The van der Waals surface area contributed by atoms with Crippen molar-refractivity contribution in [2.45, 2.75) is 11.7 Å². The fraction of sp³-hybridized carbons (Fsp3) is 0.333. The smallest absolute Gasteiger partial charge is 0.241 e. The molecule has 0 saturated carbocycles. The number of rotatable bonds is 2. The zero-order valence-electron chi connectivity index (χ0n) is 11.2. The molecule has 2 bridgehead atoms. The van der Waals surface area contributed by atoms with Crippen LogP contribution >= 0.6 is 23.2 Å². The summed E-state index contributed by atoms with van der Waals surface area (Å²) in [5.74, 6) is -2.14. The van der Waals surface area contributed by atoms with E-state index in [1.54, 1.807) is 24.3 Å². The van der Waals surface area contributed by atoms with Gasteiger partial charge in [0.25, 0.3) is 0 Å². The molecule has 1 aromatic rings. The Morgan fingerprint density at radius 3 is 2.77 bits per heavy atom. The second kappa shape index (κ2) is 4.55. The highest BCUT2D eigenvalue weighted by atomic mass is 35.5. The van der Waals surface area contributed by atoms with Crippen molar-refractivity contribution in [2.24, 2.45) is 11.8 Å². The van der Waals surface area contributed by atoms with E-state index in [0.717, 1.165) is 4.90 Å². The van der Waals surface area contributed by atoms with Crippen molar-refractivity contribution in [3.8, 4) is 0 Å². The van der Waals surface area contributed by atoms with Gasteiger partial charge in [0.1, 0.15) is 5.60 Å². The molecule has 0 unspecified atom stereocenters. The molecule has 0 radical (unpaired) electrons. The van der Waals surface area contributed by atoms with Crippen LogP contribution in [0.25, 0.3) is 0 Å².